The van der Waals surface area contributed by atoms with Gasteiger partial charge in [0.05, 0.1) is 12.2 Å². The molecule has 0 saturated carbocycles. The number of amides is 2. The fraction of sp³-hybridized carbons (Fsp3) is 0.231. The van der Waals surface area contributed by atoms with Crippen molar-refractivity contribution in [3.63, 3.8) is 0 Å². The van der Waals surface area contributed by atoms with Crippen LogP contribution in [0.3, 0.4) is 0 Å². The van der Waals surface area contributed by atoms with Crippen molar-refractivity contribution in [2.24, 2.45) is 0 Å². The maximum atomic E-state index is 12.2. The number of hydrogen-bond donors (Lipinski definition) is 2. The second kappa shape index (κ2) is 12.2. The summed E-state index contributed by atoms with van der Waals surface area (Å²) in [6.45, 7) is 1.61. The summed E-state index contributed by atoms with van der Waals surface area (Å²) in [5.74, 6) is -1.69. The molecular formula is C26H26N2O6. The Balaban J connectivity index is 1.36. The second-order valence-electron chi connectivity index (χ2n) is 7.44. The minimum Gasteiger partial charge on any atom is -0.462 e. The van der Waals surface area contributed by atoms with Gasteiger partial charge < -0.3 is 20.1 Å². The first-order valence-corrected chi connectivity index (χ1v) is 11.0. The number of carbonyl (C=O) groups is 4. The lowest BCUT2D eigenvalue weighted by atomic mass is 10.1. The van der Waals surface area contributed by atoms with Gasteiger partial charge in [0, 0.05) is 29.6 Å². The Morgan fingerprint density at radius 1 is 0.765 bits per heavy atom. The quantitative estimate of drug-likeness (QED) is 0.435. The molecule has 0 radical (unpaired) electrons. The van der Waals surface area contributed by atoms with Crippen LogP contribution in [0.5, 0.6) is 0 Å². The van der Waals surface area contributed by atoms with E-state index in [4.69, 9.17) is 9.47 Å². The standard InChI is InChI=1S/C26H26N2O6/c1-2-33-26(32)19-13-15-20(16-14-19)27-23(29)11-6-12-25(31)34-17-24(30)28-22-10-5-8-18-7-3-4-9-21(18)22/h3-5,7-10,13-16H,2,6,11-12,17H2,1H3,(H,27,29)(H,28,30). The number of esters is 2. The Hall–Kier alpha value is -4.20. The molecule has 0 bridgehead atoms. The number of carbonyl (C=O) groups excluding carboxylic acids is 4. The van der Waals surface area contributed by atoms with Gasteiger partial charge in [0.2, 0.25) is 5.91 Å². The molecule has 0 aliphatic heterocycles. The van der Waals surface area contributed by atoms with Gasteiger partial charge in [-0.25, -0.2) is 4.79 Å². The second-order valence-corrected chi connectivity index (χ2v) is 7.44. The molecule has 3 aromatic rings. The number of hydrogen-bond acceptors (Lipinski definition) is 6. The predicted molar refractivity (Wildman–Crippen MR) is 128 cm³/mol. The van der Waals surface area contributed by atoms with Crippen molar-refractivity contribution in [3.05, 3.63) is 72.3 Å². The number of fused-ring (bicyclic) bond motifs is 1. The Morgan fingerprint density at radius 3 is 2.26 bits per heavy atom. The monoisotopic (exact) mass is 462 g/mol. The molecule has 2 amide bonds. The van der Waals surface area contributed by atoms with Crippen LogP contribution in [0, 0.1) is 0 Å². The third-order valence-corrected chi connectivity index (χ3v) is 4.89. The van der Waals surface area contributed by atoms with Gasteiger partial charge in [-0.05, 0) is 49.1 Å². The summed E-state index contributed by atoms with van der Waals surface area (Å²) in [6.07, 6.45) is 0.393. The molecule has 0 aliphatic carbocycles. The van der Waals surface area contributed by atoms with Crippen LogP contribution in [0.15, 0.2) is 66.7 Å². The van der Waals surface area contributed by atoms with Crippen molar-refractivity contribution in [2.45, 2.75) is 26.2 Å². The summed E-state index contributed by atoms with van der Waals surface area (Å²) in [5.41, 5.74) is 1.57. The Labute approximate surface area is 197 Å². The summed E-state index contributed by atoms with van der Waals surface area (Å²) in [7, 11) is 0. The van der Waals surface area contributed by atoms with Crippen LogP contribution in [0.25, 0.3) is 10.8 Å². The summed E-state index contributed by atoms with van der Waals surface area (Å²) in [4.78, 5) is 47.8. The molecule has 0 unspecified atom stereocenters. The van der Waals surface area contributed by atoms with Crippen molar-refractivity contribution in [2.75, 3.05) is 23.8 Å². The highest BCUT2D eigenvalue weighted by Crippen LogP contribution is 2.22. The summed E-state index contributed by atoms with van der Waals surface area (Å²) in [6, 6.07) is 19.5. The number of nitrogens with one attached hydrogen (secondary N) is 2. The van der Waals surface area contributed by atoms with E-state index in [0.29, 0.717) is 16.9 Å². The van der Waals surface area contributed by atoms with Gasteiger partial charge >= 0.3 is 11.9 Å². The highest BCUT2D eigenvalue weighted by molar-refractivity contribution is 6.02. The number of benzene rings is 3. The van der Waals surface area contributed by atoms with Crippen LogP contribution in [0.4, 0.5) is 11.4 Å². The fourth-order valence-corrected chi connectivity index (χ4v) is 3.26. The van der Waals surface area contributed by atoms with Crippen LogP contribution in [-0.4, -0.2) is 37.0 Å². The molecule has 8 heteroatoms. The zero-order valence-corrected chi connectivity index (χ0v) is 18.8. The first-order chi connectivity index (χ1) is 16.5. The zero-order chi connectivity index (χ0) is 24.3. The normalized spacial score (nSPS) is 10.4. The molecule has 0 heterocycles. The van der Waals surface area contributed by atoms with E-state index in [1.54, 1.807) is 37.3 Å². The average Bonchev–Trinajstić information content (AvgIpc) is 2.83. The molecule has 0 saturated heterocycles. The van der Waals surface area contributed by atoms with Crippen molar-refractivity contribution in [3.8, 4) is 0 Å². The molecule has 2 N–H and O–H groups in total. The molecule has 0 atom stereocenters. The van der Waals surface area contributed by atoms with Gasteiger partial charge in [-0.2, -0.15) is 0 Å². The molecule has 3 aromatic carbocycles. The SMILES string of the molecule is CCOC(=O)c1ccc(NC(=O)CCCC(=O)OCC(=O)Nc2cccc3ccccc23)cc1. The molecule has 0 spiro atoms. The molecular weight excluding hydrogens is 436 g/mol. The summed E-state index contributed by atoms with van der Waals surface area (Å²) < 4.78 is 9.93. The Kier molecular flexibility index (Phi) is 8.73. The first kappa shape index (κ1) is 24.4. The molecule has 0 fully saturated rings. The van der Waals surface area contributed by atoms with Gasteiger partial charge in [0.15, 0.2) is 6.61 Å². The van der Waals surface area contributed by atoms with Crippen LogP contribution < -0.4 is 10.6 Å². The van der Waals surface area contributed by atoms with Crippen LogP contribution >= 0.6 is 0 Å². The molecule has 176 valence electrons. The van der Waals surface area contributed by atoms with Gasteiger partial charge in [0.1, 0.15) is 0 Å². The molecule has 3 rings (SSSR count). The molecule has 0 aliphatic rings. The topological polar surface area (TPSA) is 111 Å². The largest absolute Gasteiger partial charge is 0.462 e. The van der Waals surface area contributed by atoms with Gasteiger partial charge in [-0.1, -0.05) is 36.4 Å². The maximum Gasteiger partial charge on any atom is 0.338 e. The van der Waals surface area contributed by atoms with E-state index in [9.17, 15) is 19.2 Å². The highest BCUT2D eigenvalue weighted by Gasteiger charge is 2.11. The van der Waals surface area contributed by atoms with Crippen LogP contribution in [-0.2, 0) is 23.9 Å². The fourth-order valence-electron chi connectivity index (χ4n) is 3.26. The lowest BCUT2D eigenvalue weighted by Gasteiger charge is -2.09. The van der Waals surface area contributed by atoms with E-state index in [-0.39, 0.29) is 31.8 Å². The van der Waals surface area contributed by atoms with Crippen molar-refractivity contribution in [1.82, 2.24) is 0 Å². The molecule has 34 heavy (non-hydrogen) atoms. The van der Waals surface area contributed by atoms with E-state index in [2.05, 4.69) is 10.6 Å². The van der Waals surface area contributed by atoms with Gasteiger partial charge in [0.25, 0.3) is 5.91 Å². The lowest BCUT2D eigenvalue weighted by Crippen LogP contribution is -2.21. The van der Waals surface area contributed by atoms with E-state index in [1.807, 2.05) is 36.4 Å². The van der Waals surface area contributed by atoms with E-state index in [1.165, 1.54) is 0 Å². The molecule has 8 nitrogen and oxygen atoms in total. The first-order valence-electron chi connectivity index (χ1n) is 11.0. The van der Waals surface area contributed by atoms with E-state index in [0.717, 1.165) is 10.8 Å². The van der Waals surface area contributed by atoms with Crippen LogP contribution in [0.2, 0.25) is 0 Å². The van der Waals surface area contributed by atoms with Gasteiger partial charge in [-0.3, -0.25) is 14.4 Å². The number of ether oxygens (including phenoxy) is 2. The maximum absolute atomic E-state index is 12.2. The molecule has 0 aromatic heterocycles. The summed E-state index contributed by atoms with van der Waals surface area (Å²) >= 11 is 0. The minimum absolute atomic E-state index is 0.0107. The third kappa shape index (κ3) is 7.16. The van der Waals surface area contributed by atoms with Crippen molar-refractivity contribution < 1.29 is 28.7 Å². The average molecular weight is 463 g/mol. The van der Waals surface area contributed by atoms with E-state index >= 15 is 0 Å². The Bertz CT molecular complexity index is 1170. The van der Waals surface area contributed by atoms with Crippen molar-refractivity contribution >= 4 is 45.9 Å². The Morgan fingerprint density at radius 2 is 1.50 bits per heavy atom. The third-order valence-electron chi connectivity index (χ3n) is 4.89. The van der Waals surface area contributed by atoms with E-state index < -0.39 is 24.5 Å². The minimum atomic E-state index is -0.556. The zero-order valence-electron chi connectivity index (χ0n) is 18.8. The van der Waals surface area contributed by atoms with Crippen LogP contribution in [0.1, 0.15) is 36.5 Å². The van der Waals surface area contributed by atoms with Gasteiger partial charge in [-0.15, -0.1) is 0 Å². The smallest absolute Gasteiger partial charge is 0.338 e. The summed E-state index contributed by atoms with van der Waals surface area (Å²) in [5, 5.41) is 7.34. The highest BCUT2D eigenvalue weighted by atomic mass is 16.5. The van der Waals surface area contributed by atoms with Crippen molar-refractivity contribution in [1.29, 1.82) is 0 Å². The number of rotatable bonds is 10. The number of anilines is 2. The predicted octanol–water partition coefficient (Wildman–Crippen LogP) is 4.31. The lowest BCUT2D eigenvalue weighted by molar-refractivity contribution is -0.147.